The number of hydrogen-bond donors (Lipinski definition) is 1. The van der Waals surface area contributed by atoms with E-state index in [9.17, 15) is 4.79 Å². The zero-order chi connectivity index (χ0) is 16.8. The molecule has 2 heterocycles. The number of amides is 1. The number of likely N-dealkylation sites (tertiary alicyclic amines) is 1. The standard InChI is InChI=1S/C16H26ClN5O.HI/c1-4-18-16(19-10-15(23)22-7-5-6-8-22)21(3)12-14-9-13(17)11-20(14)2;/h9,11H,4-8,10,12H2,1-3H3,(H,18,19);1H. The number of aliphatic imine (C=N–C) groups is 1. The predicted octanol–water partition coefficient (Wildman–Crippen LogP) is 2.32. The molecule has 1 aromatic rings. The third-order valence-electron chi connectivity index (χ3n) is 3.99. The van der Waals surface area contributed by atoms with Crippen molar-refractivity contribution in [1.29, 1.82) is 0 Å². The Kier molecular flexibility index (Phi) is 8.90. The van der Waals surface area contributed by atoms with Crippen LogP contribution in [-0.4, -0.2) is 59.5 Å². The van der Waals surface area contributed by atoms with Crippen LogP contribution in [0.15, 0.2) is 17.3 Å². The van der Waals surface area contributed by atoms with Crippen LogP contribution in [0.1, 0.15) is 25.5 Å². The monoisotopic (exact) mass is 467 g/mol. The number of rotatable bonds is 5. The molecule has 1 fully saturated rings. The molecule has 1 aliphatic heterocycles. The van der Waals surface area contributed by atoms with E-state index in [-0.39, 0.29) is 36.4 Å². The second-order valence-corrected chi connectivity index (χ2v) is 6.31. The van der Waals surface area contributed by atoms with Gasteiger partial charge in [-0.25, -0.2) is 4.99 Å². The first kappa shape index (κ1) is 21.1. The molecule has 1 aliphatic rings. The lowest BCUT2D eigenvalue weighted by Gasteiger charge is -2.22. The van der Waals surface area contributed by atoms with Crippen LogP contribution in [0.3, 0.4) is 0 Å². The molecule has 6 nitrogen and oxygen atoms in total. The van der Waals surface area contributed by atoms with E-state index in [4.69, 9.17) is 11.6 Å². The number of aromatic nitrogens is 1. The van der Waals surface area contributed by atoms with Crippen molar-refractivity contribution < 1.29 is 4.79 Å². The average Bonchev–Trinajstić information content (AvgIpc) is 3.13. The summed E-state index contributed by atoms with van der Waals surface area (Å²) in [6.45, 7) is 5.37. The molecule has 0 spiro atoms. The topological polar surface area (TPSA) is 52.9 Å². The highest BCUT2D eigenvalue weighted by Gasteiger charge is 2.18. The van der Waals surface area contributed by atoms with Crippen molar-refractivity contribution in [3.8, 4) is 0 Å². The molecule has 24 heavy (non-hydrogen) atoms. The normalized spacial score (nSPS) is 14.5. The van der Waals surface area contributed by atoms with Crippen molar-refractivity contribution in [1.82, 2.24) is 19.7 Å². The van der Waals surface area contributed by atoms with Gasteiger partial charge in [0.2, 0.25) is 5.91 Å². The maximum absolute atomic E-state index is 12.1. The Morgan fingerprint density at radius 1 is 1.42 bits per heavy atom. The van der Waals surface area contributed by atoms with Crippen molar-refractivity contribution in [3.05, 3.63) is 23.0 Å². The molecule has 1 saturated heterocycles. The Morgan fingerprint density at radius 2 is 2.08 bits per heavy atom. The number of aryl methyl sites for hydroxylation is 1. The van der Waals surface area contributed by atoms with E-state index in [1.54, 1.807) is 0 Å². The molecule has 1 aromatic heterocycles. The molecule has 8 heteroatoms. The lowest BCUT2D eigenvalue weighted by molar-refractivity contribution is -0.128. The highest BCUT2D eigenvalue weighted by molar-refractivity contribution is 14.0. The zero-order valence-corrected chi connectivity index (χ0v) is 17.7. The van der Waals surface area contributed by atoms with Gasteiger partial charge in [0.15, 0.2) is 5.96 Å². The van der Waals surface area contributed by atoms with Crippen LogP contribution >= 0.6 is 35.6 Å². The van der Waals surface area contributed by atoms with Gasteiger partial charge in [-0.1, -0.05) is 11.6 Å². The fourth-order valence-electron chi connectivity index (χ4n) is 2.72. The number of hydrogen-bond acceptors (Lipinski definition) is 2. The summed E-state index contributed by atoms with van der Waals surface area (Å²) in [4.78, 5) is 20.5. The molecular formula is C16H27ClIN5O. The van der Waals surface area contributed by atoms with Crippen LogP contribution in [0.25, 0.3) is 0 Å². The number of carbonyl (C=O) groups excluding carboxylic acids is 1. The summed E-state index contributed by atoms with van der Waals surface area (Å²) in [6.07, 6.45) is 4.08. The molecular weight excluding hydrogens is 441 g/mol. The van der Waals surface area contributed by atoms with Crippen LogP contribution in [-0.2, 0) is 18.4 Å². The minimum absolute atomic E-state index is 0. The first-order chi connectivity index (χ1) is 11.0. The first-order valence-electron chi connectivity index (χ1n) is 8.09. The molecule has 0 atom stereocenters. The summed E-state index contributed by atoms with van der Waals surface area (Å²) in [6, 6.07) is 1.94. The maximum Gasteiger partial charge on any atom is 0.244 e. The molecule has 0 bridgehead atoms. The molecule has 1 N–H and O–H groups in total. The van der Waals surface area contributed by atoms with Gasteiger partial charge in [-0.05, 0) is 25.8 Å². The van der Waals surface area contributed by atoms with Crippen LogP contribution in [0.4, 0.5) is 0 Å². The highest BCUT2D eigenvalue weighted by Crippen LogP contribution is 2.14. The van der Waals surface area contributed by atoms with E-state index in [0.29, 0.717) is 6.54 Å². The van der Waals surface area contributed by atoms with Gasteiger partial charge in [0.05, 0.1) is 11.6 Å². The van der Waals surface area contributed by atoms with Gasteiger partial charge in [-0.3, -0.25) is 4.79 Å². The van der Waals surface area contributed by atoms with Gasteiger partial charge in [-0.2, -0.15) is 0 Å². The molecule has 0 radical (unpaired) electrons. The largest absolute Gasteiger partial charge is 0.357 e. The maximum atomic E-state index is 12.1. The van der Waals surface area contributed by atoms with Crippen molar-refractivity contribution in [3.63, 3.8) is 0 Å². The number of guanidine groups is 1. The number of nitrogens with one attached hydrogen (secondary N) is 1. The number of carbonyl (C=O) groups is 1. The molecule has 0 unspecified atom stereocenters. The smallest absolute Gasteiger partial charge is 0.244 e. The zero-order valence-electron chi connectivity index (χ0n) is 14.6. The van der Waals surface area contributed by atoms with Crippen molar-refractivity contribution >= 4 is 47.4 Å². The fraction of sp³-hybridized carbons (Fsp3) is 0.625. The van der Waals surface area contributed by atoms with Gasteiger partial charge >= 0.3 is 0 Å². The molecule has 0 aliphatic carbocycles. The van der Waals surface area contributed by atoms with Gasteiger partial charge in [0.25, 0.3) is 0 Å². The minimum Gasteiger partial charge on any atom is -0.357 e. The Bertz CT molecular complexity index is 569. The van der Waals surface area contributed by atoms with Crippen molar-refractivity contribution in [2.45, 2.75) is 26.3 Å². The summed E-state index contributed by atoms with van der Waals surface area (Å²) >= 11 is 6.03. The summed E-state index contributed by atoms with van der Waals surface area (Å²) in [5.41, 5.74) is 1.09. The quantitative estimate of drug-likeness (QED) is 0.411. The molecule has 1 amide bonds. The number of nitrogens with zero attached hydrogens (tertiary/aromatic N) is 4. The molecule has 2 rings (SSSR count). The Balaban J connectivity index is 0.00000288. The molecule has 0 saturated carbocycles. The number of halogens is 2. The molecule has 0 aromatic carbocycles. The lowest BCUT2D eigenvalue weighted by atomic mass is 10.4. The summed E-state index contributed by atoms with van der Waals surface area (Å²) in [5, 5.41) is 3.96. The second kappa shape index (κ2) is 10.1. The van der Waals surface area contributed by atoms with Crippen LogP contribution < -0.4 is 5.32 Å². The highest BCUT2D eigenvalue weighted by atomic mass is 127. The van der Waals surface area contributed by atoms with Crippen LogP contribution in [0.2, 0.25) is 5.02 Å². The third-order valence-corrected chi connectivity index (χ3v) is 4.20. The van der Waals surface area contributed by atoms with Gasteiger partial charge in [-0.15, -0.1) is 24.0 Å². The summed E-state index contributed by atoms with van der Waals surface area (Å²) < 4.78 is 2.00. The van der Waals surface area contributed by atoms with Gasteiger partial charge in [0, 0.05) is 45.6 Å². The van der Waals surface area contributed by atoms with Crippen LogP contribution in [0.5, 0.6) is 0 Å². The van der Waals surface area contributed by atoms with Crippen molar-refractivity contribution in [2.24, 2.45) is 12.0 Å². The fourth-order valence-corrected chi connectivity index (χ4v) is 2.99. The van der Waals surface area contributed by atoms with Gasteiger partial charge < -0.3 is 19.7 Å². The minimum atomic E-state index is 0. The van der Waals surface area contributed by atoms with Gasteiger partial charge in [0.1, 0.15) is 6.54 Å². The SMILES string of the molecule is CCNC(=NCC(=O)N1CCCC1)N(C)Cc1cc(Cl)cn1C.I. The lowest BCUT2D eigenvalue weighted by Crippen LogP contribution is -2.40. The van der Waals surface area contributed by atoms with E-state index >= 15 is 0 Å². The Labute approximate surface area is 166 Å². The van der Waals surface area contributed by atoms with Crippen molar-refractivity contribution in [2.75, 3.05) is 33.2 Å². The van der Waals surface area contributed by atoms with E-state index in [2.05, 4.69) is 10.3 Å². The Morgan fingerprint density at radius 3 is 2.62 bits per heavy atom. The summed E-state index contributed by atoms with van der Waals surface area (Å²) in [7, 11) is 3.93. The third kappa shape index (κ3) is 5.84. The van der Waals surface area contributed by atoms with E-state index in [1.165, 1.54) is 0 Å². The van der Waals surface area contributed by atoms with Crippen LogP contribution in [0, 0.1) is 0 Å². The average molecular weight is 468 g/mol. The Hall–Kier alpha value is -0.960. The van der Waals surface area contributed by atoms with E-state index < -0.39 is 0 Å². The predicted molar refractivity (Wildman–Crippen MR) is 109 cm³/mol. The molecule has 136 valence electrons. The first-order valence-corrected chi connectivity index (χ1v) is 8.47. The summed E-state index contributed by atoms with van der Waals surface area (Å²) in [5.74, 6) is 0.839. The van der Waals surface area contributed by atoms with E-state index in [1.807, 2.05) is 47.6 Å². The van der Waals surface area contributed by atoms with E-state index in [0.717, 1.165) is 49.2 Å². The second-order valence-electron chi connectivity index (χ2n) is 5.87.